The van der Waals surface area contributed by atoms with Crippen molar-refractivity contribution in [2.24, 2.45) is 0 Å². The Labute approximate surface area is 239 Å². The van der Waals surface area contributed by atoms with Crippen molar-refractivity contribution in [3.8, 4) is 0 Å². The standard InChI is InChI=1S/C24H16BrCl2F9N2O2/c25-18-16(26)8-12(9-17(18)27)14(23(31,32)33)4-2-11-1-3-13(15(7-11)24(34,35)36)19(39)38-21(5-6-21)20(40)37-10-22(28,29)30/h1-4,7-9,14H,5-6,10H2,(H,37,40)(H,38,39)/b4-2+. The zero-order valence-electron chi connectivity index (χ0n) is 19.6. The average molecular weight is 686 g/mol. The highest BCUT2D eigenvalue weighted by molar-refractivity contribution is 9.10. The minimum Gasteiger partial charge on any atom is -0.345 e. The Morgan fingerprint density at radius 3 is 2.02 bits per heavy atom. The SMILES string of the molecule is O=C(NC1(C(=O)NCC(F)(F)F)CC1)c1ccc(/C=C/C(c2cc(Cl)c(Br)c(Cl)c2)C(F)(F)F)cc1C(F)(F)F. The van der Waals surface area contributed by atoms with Gasteiger partial charge in [0.2, 0.25) is 5.91 Å². The first-order valence-corrected chi connectivity index (χ1v) is 12.6. The maximum atomic E-state index is 13.8. The molecule has 40 heavy (non-hydrogen) atoms. The summed E-state index contributed by atoms with van der Waals surface area (Å²) in [6, 6.07) is 4.06. The summed E-state index contributed by atoms with van der Waals surface area (Å²) < 4.78 is 120. The van der Waals surface area contributed by atoms with Gasteiger partial charge in [0.1, 0.15) is 12.1 Å². The zero-order chi connectivity index (χ0) is 30.3. The number of benzene rings is 2. The lowest BCUT2D eigenvalue weighted by Gasteiger charge is -2.20. The highest BCUT2D eigenvalue weighted by atomic mass is 79.9. The van der Waals surface area contributed by atoms with Crippen molar-refractivity contribution >= 4 is 57.0 Å². The lowest BCUT2D eigenvalue weighted by molar-refractivity contribution is -0.140. The molecule has 4 nitrogen and oxygen atoms in total. The van der Waals surface area contributed by atoms with Crippen molar-refractivity contribution in [3.05, 3.63) is 73.2 Å². The molecule has 0 aromatic heterocycles. The van der Waals surface area contributed by atoms with Gasteiger partial charge in [0.05, 0.1) is 31.6 Å². The number of hydrogen-bond acceptors (Lipinski definition) is 2. The molecule has 2 N–H and O–H groups in total. The number of rotatable bonds is 7. The van der Waals surface area contributed by atoms with E-state index in [-0.39, 0.29) is 38.5 Å². The smallest absolute Gasteiger partial charge is 0.345 e. The third-order valence-corrected chi connectivity index (χ3v) is 7.69. The number of carbonyl (C=O) groups is 2. The van der Waals surface area contributed by atoms with Crippen LogP contribution in [-0.4, -0.2) is 36.3 Å². The van der Waals surface area contributed by atoms with Crippen molar-refractivity contribution < 1.29 is 49.1 Å². The maximum Gasteiger partial charge on any atom is 0.417 e. The molecule has 1 aliphatic carbocycles. The van der Waals surface area contributed by atoms with Crippen LogP contribution < -0.4 is 10.6 Å². The molecule has 0 bridgehead atoms. The summed E-state index contributed by atoms with van der Waals surface area (Å²) in [5, 5.41) is 3.37. The Morgan fingerprint density at radius 1 is 0.975 bits per heavy atom. The normalized spacial score (nSPS) is 16.1. The Bertz CT molecular complexity index is 1310. The first-order chi connectivity index (χ1) is 18.2. The van der Waals surface area contributed by atoms with E-state index in [1.807, 2.05) is 5.32 Å². The number of hydrogen-bond donors (Lipinski definition) is 2. The van der Waals surface area contributed by atoms with Crippen molar-refractivity contribution in [1.82, 2.24) is 10.6 Å². The second-order valence-corrected chi connectivity index (χ2v) is 10.4. The first-order valence-electron chi connectivity index (χ1n) is 11.0. The summed E-state index contributed by atoms with van der Waals surface area (Å²) in [5.74, 6) is -4.91. The molecule has 1 fully saturated rings. The van der Waals surface area contributed by atoms with Crippen molar-refractivity contribution in [2.75, 3.05) is 6.54 Å². The fourth-order valence-electron chi connectivity index (χ4n) is 3.64. The molecule has 2 aromatic rings. The quantitative estimate of drug-likeness (QED) is 0.229. The van der Waals surface area contributed by atoms with Gasteiger partial charge in [-0.3, -0.25) is 9.59 Å². The number of allylic oxidation sites excluding steroid dienone is 1. The van der Waals surface area contributed by atoms with Gasteiger partial charge in [0.15, 0.2) is 0 Å². The van der Waals surface area contributed by atoms with E-state index in [9.17, 15) is 49.1 Å². The lowest BCUT2D eigenvalue weighted by atomic mass is 9.96. The highest BCUT2D eigenvalue weighted by Crippen LogP contribution is 2.42. The first kappa shape index (κ1) is 32.1. The molecule has 1 unspecified atom stereocenters. The van der Waals surface area contributed by atoms with E-state index < -0.39 is 59.5 Å². The molecule has 218 valence electrons. The topological polar surface area (TPSA) is 58.2 Å². The van der Waals surface area contributed by atoms with Gasteiger partial charge in [-0.1, -0.05) is 41.4 Å². The molecule has 2 aromatic carbocycles. The minimum atomic E-state index is -5.15. The lowest BCUT2D eigenvalue weighted by Crippen LogP contribution is -2.51. The van der Waals surface area contributed by atoms with Crippen LogP contribution in [0.4, 0.5) is 39.5 Å². The monoisotopic (exact) mass is 684 g/mol. The molecule has 0 radical (unpaired) electrons. The molecule has 1 atom stereocenters. The summed E-state index contributed by atoms with van der Waals surface area (Å²) in [6.45, 7) is -1.70. The summed E-state index contributed by atoms with van der Waals surface area (Å²) in [4.78, 5) is 24.8. The van der Waals surface area contributed by atoms with Crippen LogP contribution >= 0.6 is 39.1 Å². The fraction of sp³-hybridized carbons (Fsp3) is 0.333. The number of carbonyl (C=O) groups excluding carboxylic acids is 2. The van der Waals surface area contributed by atoms with E-state index in [1.165, 1.54) is 0 Å². The van der Waals surface area contributed by atoms with Crippen LogP contribution in [0, 0.1) is 0 Å². The predicted octanol–water partition coefficient (Wildman–Crippen LogP) is 8.07. The molecular weight excluding hydrogens is 670 g/mol. The molecular formula is C24H16BrCl2F9N2O2. The summed E-state index contributed by atoms with van der Waals surface area (Å²) in [7, 11) is 0. The van der Waals surface area contributed by atoms with Gasteiger partial charge in [0.25, 0.3) is 5.91 Å². The van der Waals surface area contributed by atoms with Crippen molar-refractivity contribution in [1.29, 1.82) is 0 Å². The van der Waals surface area contributed by atoms with Gasteiger partial charge < -0.3 is 10.6 Å². The summed E-state index contributed by atoms with van der Waals surface area (Å²) in [5.41, 5.74) is -5.05. The highest BCUT2D eigenvalue weighted by Gasteiger charge is 2.52. The Balaban J connectivity index is 1.90. The van der Waals surface area contributed by atoms with Gasteiger partial charge >= 0.3 is 18.5 Å². The predicted molar refractivity (Wildman–Crippen MR) is 132 cm³/mol. The molecule has 16 heteroatoms. The molecule has 1 saturated carbocycles. The number of halogens is 12. The second kappa shape index (κ2) is 11.4. The largest absolute Gasteiger partial charge is 0.417 e. The Hall–Kier alpha value is -2.45. The third kappa shape index (κ3) is 7.84. The Kier molecular flexibility index (Phi) is 9.17. The molecule has 1 aliphatic rings. The number of amides is 2. The van der Waals surface area contributed by atoms with Crippen LogP contribution in [0.15, 0.2) is 40.9 Å². The van der Waals surface area contributed by atoms with E-state index in [2.05, 4.69) is 15.9 Å². The van der Waals surface area contributed by atoms with Crippen molar-refractivity contribution in [3.63, 3.8) is 0 Å². The molecule has 3 rings (SSSR count). The van der Waals surface area contributed by atoms with Gasteiger partial charge in [-0.2, -0.15) is 39.5 Å². The minimum absolute atomic E-state index is 0.104. The van der Waals surface area contributed by atoms with E-state index in [0.717, 1.165) is 24.3 Å². The zero-order valence-corrected chi connectivity index (χ0v) is 22.7. The van der Waals surface area contributed by atoms with E-state index in [1.54, 1.807) is 5.32 Å². The van der Waals surface area contributed by atoms with Crippen LogP contribution in [0.2, 0.25) is 10.0 Å². The summed E-state index contributed by atoms with van der Waals surface area (Å²) >= 11 is 14.8. The van der Waals surface area contributed by atoms with Crippen LogP contribution in [0.5, 0.6) is 0 Å². The average Bonchev–Trinajstić information content (AvgIpc) is 3.59. The summed E-state index contributed by atoms with van der Waals surface area (Å²) in [6.07, 6.45) is -13.6. The van der Waals surface area contributed by atoms with Gasteiger partial charge in [0, 0.05) is 0 Å². The third-order valence-electron chi connectivity index (χ3n) is 5.78. The van der Waals surface area contributed by atoms with Crippen LogP contribution in [0.1, 0.15) is 45.8 Å². The molecule has 0 heterocycles. The molecule has 2 amide bonds. The van der Waals surface area contributed by atoms with E-state index in [4.69, 9.17) is 23.2 Å². The van der Waals surface area contributed by atoms with Crippen LogP contribution in [0.3, 0.4) is 0 Å². The van der Waals surface area contributed by atoms with Gasteiger partial charge in [-0.25, -0.2) is 0 Å². The maximum absolute atomic E-state index is 13.8. The van der Waals surface area contributed by atoms with Crippen LogP contribution in [0.25, 0.3) is 6.08 Å². The van der Waals surface area contributed by atoms with Crippen LogP contribution in [-0.2, 0) is 11.0 Å². The Morgan fingerprint density at radius 2 is 1.55 bits per heavy atom. The number of alkyl halides is 9. The van der Waals surface area contributed by atoms with E-state index >= 15 is 0 Å². The molecule has 0 saturated heterocycles. The fourth-order valence-corrected chi connectivity index (χ4v) is 4.37. The van der Waals surface area contributed by atoms with Crippen molar-refractivity contribution in [2.45, 2.75) is 42.8 Å². The molecule has 0 spiro atoms. The van der Waals surface area contributed by atoms with E-state index in [0.29, 0.717) is 18.2 Å². The molecule has 0 aliphatic heterocycles. The number of nitrogens with one attached hydrogen (secondary N) is 2. The van der Waals surface area contributed by atoms with Gasteiger partial charge in [-0.15, -0.1) is 0 Å². The van der Waals surface area contributed by atoms with Gasteiger partial charge in [-0.05, 0) is 64.2 Å². The second-order valence-electron chi connectivity index (χ2n) is 8.81.